The largest absolute Gasteiger partial charge is 0.493 e. The summed E-state index contributed by atoms with van der Waals surface area (Å²) in [7, 11) is 0. The second kappa shape index (κ2) is 7.99. The minimum atomic E-state index is -0.881. The number of carboxylic acid groups (broad SMARTS) is 1. The van der Waals surface area contributed by atoms with E-state index in [2.05, 4.69) is 19.2 Å². The maximum Gasteiger partial charge on any atom is 0.307 e. The van der Waals surface area contributed by atoms with Crippen LogP contribution in [0, 0.1) is 17.8 Å². The molecule has 5 nitrogen and oxygen atoms in total. The minimum absolute atomic E-state index is 0.180. The number of rotatable bonds is 8. The first-order valence-corrected chi connectivity index (χ1v) is 8.20. The highest BCUT2D eigenvalue weighted by atomic mass is 16.5. The summed E-state index contributed by atoms with van der Waals surface area (Å²) in [6.07, 6.45) is 2.21. The molecular weight excluding hydrogens is 294 g/mol. The van der Waals surface area contributed by atoms with Crippen molar-refractivity contribution in [2.45, 2.75) is 39.7 Å². The molecule has 2 N–H and O–H groups in total. The number of carboxylic acids is 1. The molecule has 0 radical (unpaired) electrons. The lowest BCUT2D eigenvalue weighted by Crippen LogP contribution is -2.43. The van der Waals surface area contributed by atoms with Gasteiger partial charge in [0, 0.05) is 12.1 Å². The molecule has 1 fully saturated rings. The van der Waals surface area contributed by atoms with Crippen molar-refractivity contribution in [2.75, 3.05) is 6.61 Å². The molecule has 23 heavy (non-hydrogen) atoms. The van der Waals surface area contributed by atoms with E-state index in [0.29, 0.717) is 31.9 Å². The Kier molecular flexibility index (Phi) is 6.02. The first kappa shape index (κ1) is 17.3. The predicted molar refractivity (Wildman–Crippen MR) is 87.1 cm³/mol. The van der Waals surface area contributed by atoms with Crippen molar-refractivity contribution in [3.63, 3.8) is 0 Å². The minimum Gasteiger partial charge on any atom is -0.493 e. The Bertz CT molecular complexity index is 556. The summed E-state index contributed by atoms with van der Waals surface area (Å²) in [5.74, 6) is -0.645. The lowest BCUT2D eigenvalue weighted by molar-refractivity contribution is -0.152. The zero-order valence-corrected chi connectivity index (χ0v) is 13.7. The summed E-state index contributed by atoms with van der Waals surface area (Å²) in [5.41, 5.74) is 0.913. The summed E-state index contributed by atoms with van der Waals surface area (Å²) in [5, 5.41) is 11.9. The smallest absolute Gasteiger partial charge is 0.307 e. The van der Waals surface area contributed by atoms with Gasteiger partial charge in [0.2, 0.25) is 5.91 Å². The van der Waals surface area contributed by atoms with E-state index in [1.807, 2.05) is 24.3 Å². The van der Waals surface area contributed by atoms with Crippen LogP contribution in [0.5, 0.6) is 5.75 Å². The van der Waals surface area contributed by atoms with E-state index in [4.69, 9.17) is 9.84 Å². The summed E-state index contributed by atoms with van der Waals surface area (Å²) in [4.78, 5) is 23.1. The van der Waals surface area contributed by atoms with Crippen molar-refractivity contribution in [1.29, 1.82) is 0 Å². The van der Waals surface area contributed by atoms with E-state index >= 15 is 0 Å². The van der Waals surface area contributed by atoms with Crippen molar-refractivity contribution >= 4 is 11.9 Å². The van der Waals surface area contributed by atoms with E-state index in [1.165, 1.54) is 0 Å². The number of para-hydroxylation sites is 1. The van der Waals surface area contributed by atoms with Gasteiger partial charge >= 0.3 is 5.97 Å². The van der Waals surface area contributed by atoms with E-state index < -0.39 is 17.8 Å². The van der Waals surface area contributed by atoms with Gasteiger partial charge < -0.3 is 15.2 Å². The van der Waals surface area contributed by atoms with Crippen LogP contribution in [0.25, 0.3) is 0 Å². The number of hydrogen-bond donors (Lipinski definition) is 2. The molecule has 1 saturated carbocycles. The molecule has 1 amide bonds. The highest BCUT2D eigenvalue weighted by Crippen LogP contribution is 2.34. The molecule has 5 heteroatoms. The molecule has 0 aliphatic heterocycles. The Morgan fingerprint density at radius 1 is 1.26 bits per heavy atom. The van der Waals surface area contributed by atoms with Crippen molar-refractivity contribution in [3.05, 3.63) is 29.8 Å². The van der Waals surface area contributed by atoms with Gasteiger partial charge in [0.05, 0.1) is 18.4 Å². The first-order chi connectivity index (χ1) is 11.0. The van der Waals surface area contributed by atoms with Crippen LogP contribution in [0.3, 0.4) is 0 Å². The van der Waals surface area contributed by atoms with Gasteiger partial charge in [0.25, 0.3) is 0 Å². The van der Waals surface area contributed by atoms with Crippen molar-refractivity contribution in [2.24, 2.45) is 17.8 Å². The maximum atomic E-state index is 12.1. The van der Waals surface area contributed by atoms with E-state index in [0.717, 1.165) is 17.7 Å². The van der Waals surface area contributed by atoms with Gasteiger partial charge in [-0.05, 0) is 31.2 Å². The van der Waals surface area contributed by atoms with Crippen LogP contribution in [0.2, 0.25) is 0 Å². The number of hydrogen-bond acceptors (Lipinski definition) is 3. The number of carbonyl (C=O) groups is 2. The fraction of sp³-hybridized carbons (Fsp3) is 0.556. The summed E-state index contributed by atoms with van der Waals surface area (Å²) < 4.78 is 5.79. The Morgan fingerprint density at radius 2 is 1.96 bits per heavy atom. The third-order valence-electron chi connectivity index (χ3n) is 4.31. The van der Waals surface area contributed by atoms with E-state index in [9.17, 15) is 9.59 Å². The van der Waals surface area contributed by atoms with Crippen LogP contribution >= 0.6 is 0 Å². The maximum absolute atomic E-state index is 12.1. The molecule has 0 heterocycles. The lowest BCUT2D eigenvalue weighted by atomic mass is 9.73. The van der Waals surface area contributed by atoms with Gasteiger partial charge in [0.15, 0.2) is 0 Å². The van der Waals surface area contributed by atoms with Gasteiger partial charge in [0.1, 0.15) is 5.75 Å². The van der Waals surface area contributed by atoms with Crippen LogP contribution in [0.15, 0.2) is 24.3 Å². The number of amides is 1. The van der Waals surface area contributed by atoms with E-state index in [1.54, 1.807) is 0 Å². The Balaban J connectivity index is 1.88. The standard InChI is InChI=1S/C18H25NO4/c1-12(2)9-10-23-16-6-4-3-5-13(16)11-19-17(20)14-7-8-15(14)18(21)22/h3-6,12,14-15H,7-11H2,1-2H3,(H,19,20)(H,21,22). The molecule has 0 saturated heterocycles. The van der Waals surface area contributed by atoms with Crippen molar-refractivity contribution in [3.8, 4) is 5.75 Å². The van der Waals surface area contributed by atoms with Crippen LogP contribution in [-0.4, -0.2) is 23.6 Å². The Hall–Kier alpha value is -2.04. The average Bonchev–Trinajstić information content (AvgIpc) is 2.44. The zero-order valence-electron chi connectivity index (χ0n) is 13.7. The molecule has 0 spiro atoms. The lowest BCUT2D eigenvalue weighted by Gasteiger charge is -2.32. The molecule has 0 bridgehead atoms. The normalized spacial score (nSPS) is 20.0. The SMILES string of the molecule is CC(C)CCOc1ccccc1CNC(=O)C1CCC1C(=O)O. The number of nitrogens with one attached hydrogen (secondary N) is 1. The fourth-order valence-electron chi connectivity index (χ4n) is 2.62. The zero-order chi connectivity index (χ0) is 16.8. The first-order valence-electron chi connectivity index (χ1n) is 8.20. The molecule has 2 unspecified atom stereocenters. The van der Waals surface area contributed by atoms with Gasteiger partial charge in [-0.2, -0.15) is 0 Å². The van der Waals surface area contributed by atoms with Crippen molar-refractivity contribution < 1.29 is 19.4 Å². The van der Waals surface area contributed by atoms with Gasteiger partial charge in [-0.15, -0.1) is 0 Å². The molecule has 1 aromatic carbocycles. The molecule has 1 aromatic rings. The number of carbonyl (C=O) groups excluding carboxylic acids is 1. The van der Waals surface area contributed by atoms with Gasteiger partial charge in [-0.1, -0.05) is 32.0 Å². The summed E-state index contributed by atoms with van der Waals surface area (Å²) in [6, 6.07) is 7.62. The third kappa shape index (κ3) is 4.71. The Morgan fingerprint density at radius 3 is 2.57 bits per heavy atom. The highest BCUT2D eigenvalue weighted by molar-refractivity contribution is 5.86. The highest BCUT2D eigenvalue weighted by Gasteiger charge is 2.41. The van der Waals surface area contributed by atoms with Crippen LogP contribution in [0.4, 0.5) is 0 Å². The third-order valence-corrected chi connectivity index (χ3v) is 4.31. The molecule has 2 atom stereocenters. The molecule has 0 aromatic heterocycles. The van der Waals surface area contributed by atoms with Gasteiger partial charge in [-0.25, -0.2) is 0 Å². The predicted octanol–water partition coefficient (Wildman–Crippen LogP) is 2.84. The monoisotopic (exact) mass is 319 g/mol. The average molecular weight is 319 g/mol. The molecule has 1 aliphatic rings. The second-order valence-corrected chi connectivity index (χ2v) is 6.49. The molecule has 2 rings (SSSR count). The molecule has 1 aliphatic carbocycles. The van der Waals surface area contributed by atoms with Crippen LogP contribution in [0.1, 0.15) is 38.7 Å². The molecule has 126 valence electrons. The molecular formula is C18H25NO4. The van der Waals surface area contributed by atoms with Crippen LogP contribution < -0.4 is 10.1 Å². The fourth-order valence-corrected chi connectivity index (χ4v) is 2.62. The van der Waals surface area contributed by atoms with E-state index in [-0.39, 0.29) is 5.91 Å². The topological polar surface area (TPSA) is 75.6 Å². The van der Waals surface area contributed by atoms with Crippen molar-refractivity contribution in [1.82, 2.24) is 5.32 Å². The second-order valence-electron chi connectivity index (χ2n) is 6.49. The van der Waals surface area contributed by atoms with Crippen LogP contribution in [-0.2, 0) is 16.1 Å². The number of benzene rings is 1. The summed E-state index contributed by atoms with van der Waals surface area (Å²) in [6.45, 7) is 5.30. The number of aliphatic carboxylic acids is 1. The van der Waals surface area contributed by atoms with Gasteiger partial charge in [-0.3, -0.25) is 9.59 Å². The number of ether oxygens (including phenoxy) is 1. The Labute approximate surface area is 137 Å². The quantitative estimate of drug-likeness (QED) is 0.772. The summed E-state index contributed by atoms with van der Waals surface area (Å²) >= 11 is 0.